The molecule has 0 spiro atoms. The largest absolute Gasteiger partial charge is 0.301 e. The first-order valence-electron chi connectivity index (χ1n) is 6.11. The van der Waals surface area contributed by atoms with Crippen LogP contribution in [0.3, 0.4) is 0 Å². The second-order valence-corrected chi connectivity index (χ2v) is 7.65. The summed E-state index contributed by atoms with van der Waals surface area (Å²) in [5.41, 5.74) is 0.417. The highest BCUT2D eigenvalue weighted by Gasteiger charge is 2.26. The number of rotatable bonds is 3. The maximum atomic E-state index is 13.0. The Bertz CT molecular complexity index is 557. The summed E-state index contributed by atoms with van der Waals surface area (Å²) in [4.78, 5) is 0. The van der Waals surface area contributed by atoms with Crippen molar-refractivity contribution in [3.05, 3.63) is 27.6 Å². The summed E-state index contributed by atoms with van der Waals surface area (Å²) in [5, 5.41) is 0. The van der Waals surface area contributed by atoms with Gasteiger partial charge in [0.1, 0.15) is 5.82 Å². The van der Waals surface area contributed by atoms with Crippen LogP contribution in [0.4, 0.5) is 10.1 Å². The van der Waals surface area contributed by atoms with Crippen LogP contribution in [-0.4, -0.2) is 25.8 Å². The highest BCUT2D eigenvalue weighted by Crippen LogP contribution is 2.23. The molecule has 2 rings (SSSR count). The molecule has 1 aliphatic rings. The van der Waals surface area contributed by atoms with Crippen LogP contribution in [0.1, 0.15) is 19.8 Å². The topological polar surface area (TPSA) is 49.4 Å². The van der Waals surface area contributed by atoms with Crippen molar-refractivity contribution in [1.82, 2.24) is 4.31 Å². The summed E-state index contributed by atoms with van der Waals surface area (Å²) in [7, 11) is -3.54. The molecule has 1 heterocycles. The lowest BCUT2D eigenvalue weighted by Gasteiger charge is -2.29. The van der Waals surface area contributed by atoms with Crippen molar-refractivity contribution in [1.29, 1.82) is 0 Å². The third-order valence-corrected chi connectivity index (χ3v) is 5.67. The number of hydrogen-bond acceptors (Lipinski definition) is 2. The molecule has 0 atom stereocenters. The van der Waals surface area contributed by atoms with Gasteiger partial charge in [-0.3, -0.25) is 4.72 Å². The van der Waals surface area contributed by atoms with Gasteiger partial charge in [0.15, 0.2) is 0 Å². The average Bonchev–Trinajstić information content (AvgIpc) is 2.33. The molecule has 0 aliphatic carbocycles. The van der Waals surface area contributed by atoms with Gasteiger partial charge >= 0.3 is 10.2 Å². The van der Waals surface area contributed by atoms with Crippen LogP contribution >= 0.6 is 22.6 Å². The number of hydrogen-bond donors (Lipinski definition) is 1. The Hall–Kier alpha value is -0.410. The minimum Gasteiger partial charge on any atom is -0.270 e. The lowest BCUT2D eigenvalue weighted by atomic mass is 10.0. The summed E-state index contributed by atoms with van der Waals surface area (Å²) in [5.74, 6) is 0.191. The molecule has 0 amide bonds. The zero-order valence-corrected chi connectivity index (χ0v) is 13.5. The maximum Gasteiger partial charge on any atom is 0.301 e. The molecule has 0 unspecified atom stereocenters. The van der Waals surface area contributed by atoms with E-state index in [0.29, 0.717) is 28.3 Å². The van der Waals surface area contributed by atoms with E-state index < -0.39 is 10.2 Å². The van der Waals surface area contributed by atoms with Crippen molar-refractivity contribution in [3.63, 3.8) is 0 Å². The van der Waals surface area contributed by atoms with E-state index in [9.17, 15) is 12.8 Å². The Kier molecular flexibility index (Phi) is 4.67. The molecule has 0 aromatic heterocycles. The molecule has 1 aromatic carbocycles. The molecule has 0 radical (unpaired) electrons. The van der Waals surface area contributed by atoms with Crippen molar-refractivity contribution in [2.45, 2.75) is 19.8 Å². The minimum atomic E-state index is -3.54. The van der Waals surface area contributed by atoms with Crippen molar-refractivity contribution < 1.29 is 12.8 Å². The van der Waals surface area contributed by atoms with E-state index in [1.165, 1.54) is 22.5 Å². The molecular weight excluding hydrogens is 382 g/mol. The summed E-state index contributed by atoms with van der Waals surface area (Å²) in [6, 6.07) is 4.00. The van der Waals surface area contributed by atoms with Crippen LogP contribution in [0.15, 0.2) is 18.2 Å². The van der Waals surface area contributed by atoms with E-state index in [1.807, 2.05) is 22.6 Å². The summed E-state index contributed by atoms with van der Waals surface area (Å²) >= 11 is 1.91. The van der Waals surface area contributed by atoms with E-state index in [4.69, 9.17) is 0 Å². The third kappa shape index (κ3) is 3.79. The predicted molar refractivity (Wildman–Crippen MR) is 81.6 cm³/mol. The highest BCUT2D eigenvalue weighted by molar-refractivity contribution is 14.1. The lowest BCUT2D eigenvalue weighted by Crippen LogP contribution is -2.41. The SMILES string of the molecule is CC1CCN(S(=O)(=O)Nc2ccc(F)cc2I)CC1. The van der Waals surface area contributed by atoms with Crippen LogP contribution in [0.5, 0.6) is 0 Å². The molecule has 4 nitrogen and oxygen atoms in total. The van der Waals surface area contributed by atoms with Crippen LogP contribution in [0.25, 0.3) is 0 Å². The fourth-order valence-corrected chi connectivity index (χ4v) is 4.07. The molecule has 0 saturated carbocycles. The summed E-state index contributed by atoms with van der Waals surface area (Å²) < 4.78 is 41.9. The average molecular weight is 398 g/mol. The second kappa shape index (κ2) is 5.92. The Balaban J connectivity index is 2.12. The summed E-state index contributed by atoms with van der Waals surface area (Å²) in [6.45, 7) is 3.20. The van der Waals surface area contributed by atoms with Gasteiger partial charge in [-0.25, -0.2) is 4.39 Å². The smallest absolute Gasteiger partial charge is 0.270 e. The van der Waals surface area contributed by atoms with Gasteiger partial charge in [0, 0.05) is 16.7 Å². The zero-order valence-electron chi connectivity index (χ0n) is 10.6. The monoisotopic (exact) mass is 398 g/mol. The van der Waals surface area contributed by atoms with Gasteiger partial charge in [-0.15, -0.1) is 0 Å². The Morgan fingerprint density at radius 3 is 2.58 bits per heavy atom. The lowest BCUT2D eigenvalue weighted by molar-refractivity contribution is 0.289. The van der Waals surface area contributed by atoms with E-state index in [2.05, 4.69) is 11.6 Å². The van der Waals surface area contributed by atoms with Gasteiger partial charge in [-0.2, -0.15) is 12.7 Å². The van der Waals surface area contributed by atoms with E-state index in [1.54, 1.807) is 0 Å². The van der Waals surface area contributed by atoms with Crippen LogP contribution in [0.2, 0.25) is 0 Å². The highest BCUT2D eigenvalue weighted by atomic mass is 127. The standard InChI is InChI=1S/C12H16FIN2O2S/c1-9-4-6-16(7-5-9)19(17,18)15-12-3-2-10(13)8-11(12)14/h2-3,8-9,15H,4-7H2,1H3. The van der Waals surface area contributed by atoms with Crippen molar-refractivity contribution in [2.24, 2.45) is 5.92 Å². The second-order valence-electron chi connectivity index (χ2n) is 4.81. The van der Waals surface area contributed by atoms with Crippen LogP contribution in [0, 0.1) is 15.3 Å². The van der Waals surface area contributed by atoms with Crippen molar-refractivity contribution in [2.75, 3.05) is 17.8 Å². The first-order valence-corrected chi connectivity index (χ1v) is 8.63. The van der Waals surface area contributed by atoms with Gasteiger partial charge in [-0.05, 0) is 59.5 Å². The van der Waals surface area contributed by atoms with Gasteiger partial charge in [0.05, 0.1) is 5.69 Å². The van der Waals surface area contributed by atoms with E-state index >= 15 is 0 Å². The van der Waals surface area contributed by atoms with Crippen LogP contribution < -0.4 is 4.72 Å². The first-order chi connectivity index (χ1) is 8.88. The van der Waals surface area contributed by atoms with Gasteiger partial charge in [-0.1, -0.05) is 6.92 Å². The number of benzene rings is 1. The van der Waals surface area contributed by atoms with Gasteiger partial charge < -0.3 is 0 Å². The molecule has 7 heteroatoms. The molecular formula is C12H16FIN2O2S. The minimum absolute atomic E-state index is 0.376. The quantitative estimate of drug-likeness (QED) is 0.797. The number of nitrogens with one attached hydrogen (secondary N) is 1. The molecule has 0 bridgehead atoms. The third-order valence-electron chi connectivity index (χ3n) is 3.25. The molecule has 1 aromatic rings. The van der Waals surface area contributed by atoms with E-state index in [-0.39, 0.29) is 5.82 Å². The fraction of sp³-hybridized carbons (Fsp3) is 0.500. The molecule has 19 heavy (non-hydrogen) atoms. The molecule has 1 saturated heterocycles. The summed E-state index contributed by atoms with van der Waals surface area (Å²) in [6.07, 6.45) is 1.75. The molecule has 1 fully saturated rings. The van der Waals surface area contributed by atoms with Gasteiger partial charge in [0.25, 0.3) is 0 Å². The molecule has 1 N–H and O–H groups in total. The number of piperidine rings is 1. The fourth-order valence-electron chi connectivity index (χ4n) is 2.00. The zero-order chi connectivity index (χ0) is 14.0. The van der Waals surface area contributed by atoms with Gasteiger partial charge in [0.2, 0.25) is 0 Å². The first kappa shape index (κ1) is 15.0. The van der Waals surface area contributed by atoms with E-state index in [0.717, 1.165) is 12.8 Å². The number of anilines is 1. The normalized spacial score (nSPS) is 18.5. The number of nitrogens with zero attached hydrogens (tertiary/aromatic N) is 1. The molecule has 1 aliphatic heterocycles. The number of halogens is 2. The van der Waals surface area contributed by atoms with Crippen molar-refractivity contribution >= 4 is 38.5 Å². The maximum absolute atomic E-state index is 13.0. The van der Waals surface area contributed by atoms with Crippen LogP contribution in [-0.2, 0) is 10.2 Å². The van der Waals surface area contributed by atoms with Crippen molar-refractivity contribution in [3.8, 4) is 0 Å². The predicted octanol–water partition coefficient (Wildman–Crippen LogP) is 2.82. The Morgan fingerprint density at radius 1 is 1.37 bits per heavy atom. The Morgan fingerprint density at radius 2 is 2.00 bits per heavy atom. The Labute approximate surface area is 126 Å². The molecule has 106 valence electrons.